The molecule has 9 rings (SSSR count). The van der Waals surface area contributed by atoms with Crippen LogP contribution in [-0.4, -0.2) is 44.5 Å². The lowest BCUT2D eigenvalue weighted by molar-refractivity contribution is -0.139. The number of phenols is 1. The number of nitrogens with zero attached hydrogens (tertiary/aromatic N) is 3. The molecule has 0 radical (unpaired) electrons. The molecule has 60 heavy (non-hydrogen) atoms. The van der Waals surface area contributed by atoms with Crippen molar-refractivity contribution in [1.82, 2.24) is 9.99 Å². The molecule has 15 heteroatoms. The molecule has 0 bridgehead atoms. The molecule has 3 heterocycles. The number of phenolic OH excluding ortho intramolecular Hbond substituents is 1. The van der Waals surface area contributed by atoms with Crippen molar-refractivity contribution in [3.8, 4) is 5.75 Å². The van der Waals surface area contributed by atoms with Crippen molar-refractivity contribution in [1.29, 1.82) is 0 Å². The number of alkyl halides is 3. The van der Waals surface area contributed by atoms with Crippen molar-refractivity contribution < 1.29 is 42.3 Å². The summed E-state index contributed by atoms with van der Waals surface area (Å²) < 4.78 is 40.5. The van der Waals surface area contributed by atoms with Crippen molar-refractivity contribution in [2.24, 2.45) is 23.7 Å². The van der Waals surface area contributed by atoms with Gasteiger partial charge in [0, 0.05) is 28.3 Å². The molecule has 3 fully saturated rings. The Hall–Kier alpha value is -6.31. The molecule has 5 aromatic rings. The molecule has 1 saturated carbocycles. The SMILES string of the molecule is O=C(c1ccccc1)c1ccc(N2C(=O)[C@H]3[C@H](CC=C4[C@H]3C[C@H]3C(=O)N(Nc5ncc(C(F)(F)F)cc5Cl)C(=O)[C@@]3(c3ccc(Cl)cc3)[C@H]4c3ccc(O)cc3)C2=O)cc1. The molecule has 302 valence electrons. The number of anilines is 2. The van der Waals surface area contributed by atoms with Crippen LogP contribution >= 0.6 is 23.2 Å². The molecular weight excluding hydrogens is 820 g/mol. The van der Waals surface area contributed by atoms with Crippen molar-refractivity contribution in [3.05, 3.63) is 165 Å². The molecule has 2 saturated heterocycles. The molecular formula is C45H31Cl2F3N4O6. The van der Waals surface area contributed by atoms with Crippen molar-refractivity contribution >= 4 is 64.1 Å². The van der Waals surface area contributed by atoms with Gasteiger partial charge in [-0.2, -0.15) is 18.2 Å². The average molecular weight is 852 g/mol. The normalized spacial score (nSPS) is 24.8. The summed E-state index contributed by atoms with van der Waals surface area (Å²) in [6.07, 6.45) is -2.31. The number of rotatable bonds is 7. The summed E-state index contributed by atoms with van der Waals surface area (Å²) in [4.78, 5) is 77.2. The zero-order chi connectivity index (χ0) is 42.2. The van der Waals surface area contributed by atoms with Crippen LogP contribution in [0.5, 0.6) is 5.75 Å². The predicted molar refractivity (Wildman–Crippen MR) is 214 cm³/mol. The van der Waals surface area contributed by atoms with Gasteiger partial charge in [0.15, 0.2) is 11.6 Å². The molecule has 6 atom stereocenters. The number of carbonyl (C=O) groups is 5. The van der Waals surface area contributed by atoms with E-state index < -0.39 is 75.4 Å². The van der Waals surface area contributed by atoms with Crippen LogP contribution in [0.15, 0.2) is 127 Å². The Labute approximate surface area is 350 Å². The zero-order valence-corrected chi connectivity index (χ0v) is 32.6. The minimum absolute atomic E-state index is 0.0651. The first-order chi connectivity index (χ1) is 28.7. The highest BCUT2D eigenvalue weighted by molar-refractivity contribution is 6.33. The Balaban J connectivity index is 1.14. The summed E-state index contributed by atoms with van der Waals surface area (Å²) in [5, 5.41) is 10.9. The van der Waals surface area contributed by atoms with Crippen molar-refractivity contribution in [2.45, 2.75) is 30.4 Å². The maximum atomic E-state index is 15.3. The maximum absolute atomic E-state index is 15.3. The number of aromatic hydroxyl groups is 1. The van der Waals surface area contributed by atoms with E-state index in [1.807, 2.05) is 6.08 Å². The van der Waals surface area contributed by atoms with E-state index >= 15 is 4.79 Å². The smallest absolute Gasteiger partial charge is 0.417 e. The first-order valence-electron chi connectivity index (χ1n) is 18.9. The van der Waals surface area contributed by atoms with Crippen LogP contribution in [0.3, 0.4) is 0 Å². The van der Waals surface area contributed by atoms with Crippen LogP contribution in [0.2, 0.25) is 10.0 Å². The van der Waals surface area contributed by atoms with E-state index in [0.717, 1.165) is 9.91 Å². The Morgan fingerprint density at radius 3 is 2.13 bits per heavy atom. The highest BCUT2D eigenvalue weighted by Gasteiger charge is 2.70. The van der Waals surface area contributed by atoms with Gasteiger partial charge >= 0.3 is 6.18 Å². The minimum Gasteiger partial charge on any atom is -0.508 e. The number of imide groups is 2. The number of halogens is 5. The number of benzene rings is 4. The van der Waals surface area contributed by atoms with E-state index in [1.165, 1.54) is 12.1 Å². The number of hydrazine groups is 1. The molecule has 2 N–H and O–H groups in total. The van der Waals surface area contributed by atoms with Crippen molar-refractivity contribution in [3.63, 3.8) is 0 Å². The molecule has 2 aliphatic heterocycles. The molecule has 4 aliphatic rings. The number of pyridine rings is 1. The predicted octanol–water partition coefficient (Wildman–Crippen LogP) is 8.53. The Morgan fingerprint density at radius 1 is 0.817 bits per heavy atom. The fraction of sp³-hybridized carbons (Fsp3) is 0.200. The van der Waals surface area contributed by atoms with Crippen LogP contribution < -0.4 is 10.3 Å². The van der Waals surface area contributed by atoms with E-state index in [0.29, 0.717) is 45.1 Å². The second-order valence-electron chi connectivity index (χ2n) is 15.3. The second kappa shape index (κ2) is 14.5. The third kappa shape index (κ3) is 6.09. The number of hydrogen-bond donors (Lipinski definition) is 2. The minimum atomic E-state index is -4.76. The summed E-state index contributed by atoms with van der Waals surface area (Å²) in [5.74, 6) is -7.79. The lowest BCUT2D eigenvalue weighted by Gasteiger charge is -2.50. The van der Waals surface area contributed by atoms with E-state index in [4.69, 9.17) is 23.2 Å². The molecule has 1 aromatic heterocycles. The van der Waals surface area contributed by atoms with E-state index in [2.05, 4.69) is 10.4 Å². The van der Waals surface area contributed by atoms with Gasteiger partial charge in [0.1, 0.15) is 5.75 Å². The van der Waals surface area contributed by atoms with Gasteiger partial charge in [0.2, 0.25) is 11.8 Å². The van der Waals surface area contributed by atoms with Gasteiger partial charge in [-0.1, -0.05) is 89.4 Å². The largest absolute Gasteiger partial charge is 0.508 e. The van der Waals surface area contributed by atoms with Gasteiger partial charge in [0.25, 0.3) is 11.8 Å². The quantitative estimate of drug-likeness (QED) is 0.0945. The molecule has 2 aliphatic carbocycles. The first-order valence-corrected chi connectivity index (χ1v) is 19.7. The summed E-state index contributed by atoms with van der Waals surface area (Å²) in [6, 6.07) is 28.1. The number of nitrogens with one attached hydrogen (secondary N) is 1. The number of hydrogen-bond acceptors (Lipinski definition) is 8. The van der Waals surface area contributed by atoms with E-state index in [1.54, 1.807) is 91.0 Å². The fourth-order valence-electron chi connectivity index (χ4n) is 9.60. The van der Waals surface area contributed by atoms with Gasteiger partial charge in [-0.25, -0.2) is 4.98 Å². The average Bonchev–Trinajstić information content (AvgIpc) is 3.62. The summed E-state index contributed by atoms with van der Waals surface area (Å²) in [5.41, 5.74) is 2.40. The van der Waals surface area contributed by atoms with Gasteiger partial charge < -0.3 is 5.11 Å². The third-order valence-electron chi connectivity index (χ3n) is 12.2. The van der Waals surface area contributed by atoms with Gasteiger partial charge in [-0.05, 0) is 84.5 Å². The zero-order valence-electron chi connectivity index (χ0n) is 31.1. The van der Waals surface area contributed by atoms with E-state index in [-0.39, 0.29) is 35.9 Å². The van der Waals surface area contributed by atoms with Crippen LogP contribution in [-0.2, 0) is 30.8 Å². The number of aromatic nitrogens is 1. The van der Waals surface area contributed by atoms with Crippen molar-refractivity contribution in [2.75, 3.05) is 10.3 Å². The summed E-state index contributed by atoms with van der Waals surface area (Å²) in [7, 11) is 0. The highest BCUT2D eigenvalue weighted by atomic mass is 35.5. The first kappa shape index (κ1) is 39.2. The van der Waals surface area contributed by atoms with Crippen LogP contribution in [0.25, 0.3) is 0 Å². The summed E-state index contributed by atoms with van der Waals surface area (Å²) >= 11 is 12.6. The Kier molecular flexibility index (Phi) is 9.44. The number of carbonyl (C=O) groups excluding carboxylic acids is 5. The number of fused-ring (bicyclic) bond motifs is 4. The molecule has 4 amide bonds. The number of amides is 4. The third-order valence-corrected chi connectivity index (χ3v) is 12.7. The van der Waals surface area contributed by atoms with Gasteiger partial charge in [-0.15, -0.1) is 0 Å². The molecule has 0 unspecified atom stereocenters. The van der Waals surface area contributed by atoms with Crippen LogP contribution in [0, 0.1) is 23.7 Å². The fourth-order valence-corrected chi connectivity index (χ4v) is 9.93. The number of allylic oxidation sites excluding steroid dienone is 2. The topological polar surface area (TPSA) is 137 Å². The monoisotopic (exact) mass is 850 g/mol. The highest BCUT2D eigenvalue weighted by Crippen LogP contribution is 2.64. The Bertz CT molecular complexity index is 2640. The molecule has 0 spiro atoms. The van der Waals surface area contributed by atoms with Gasteiger partial charge in [-0.3, -0.25) is 34.3 Å². The Morgan fingerprint density at radius 2 is 1.48 bits per heavy atom. The molecule has 4 aromatic carbocycles. The standard InChI is InChI=1S/C45H31Cl2F3N4O6/c46-28-12-10-26(11-13-28)44-34(41(58)54(43(44)60)52-39-35(47)20-27(22-51-39)45(48,49)50)21-33-31(37(44)23-8-16-30(55)17-9-23)18-19-32-36(33)42(59)53(40(32)57)29-14-6-25(7-15-29)38(56)24-4-2-1-3-5-24/h1-18,20,22,32-34,36-37,55H,19,21H2,(H,51,52)/t32-,33+,34-,36-,37-,44+/m0/s1. The second-order valence-corrected chi connectivity index (χ2v) is 16.1. The maximum Gasteiger partial charge on any atom is 0.417 e. The van der Waals surface area contributed by atoms with E-state index in [9.17, 15) is 37.5 Å². The lowest BCUT2D eigenvalue weighted by Crippen LogP contribution is -2.53. The number of ketones is 1. The lowest BCUT2D eigenvalue weighted by atomic mass is 9.49. The van der Waals surface area contributed by atoms with Crippen LogP contribution in [0.4, 0.5) is 24.7 Å². The molecule has 10 nitrogen and oxygen atoms in total. The van der Waals surface area contributed by atoms with Gasteiger partial charge in [0.05, 0.1) is 39.4 Å². The summed E-state index contributed by atoms with van der Waals surface area (Å²) in [6.45, 7) is 0. The van der Waals surface area contributed by atoms with Crippen LogP contribution in [0.1, 0.15) is 51.4 Å².